The summed E-state index contributed by atoms with van der Waals surface area (Å²) < 4.78 is 0. The van der Waals surface area contributed by atoms with Crippen LogP contribution in [0.3, 0.4) is 0 Å². The summed E-state index contributed by atoms with van der Waals surface area (Å²) >= 11 is 5.86. The van der Waals surface area contributed by atoms with Gasteiger partial charge in [-0.15, -0.1) is 0 Å². The van der Waals surface area contributed by atoms with Crippen LogP contribution in [-0.4, -0.2) is 35.0 Å². The van der Waals surface area contributed by atoms with E-state index in [0.717, 1.165) is 18.4 Å². The van der Waals surface area contributed by atoms with Crippen molar-refractivity contribution in [3.8, 4) is 0 Å². The lowest BCUT2D eigenvalue weighted by Gasteiger charge is -2.31. The van der Waals surface area contributed by atoms with Crippen molar-refractivity contribution in [2.75, 3.05) is 13.1 Å². The van der Waals surface area contributed by atoms with Gasteiger partial charge < -0.3 is 10.0 Å². The van der Waals surface area contributed by atoms with E-state index in [-0.39, 0.29) is 11.8 Å². The lowest BCUT2D eigenvalue weighted by molar-refractivity contribution is -0.145. The second kappa shape index (κ2) is 7.63. The highest BCUT2D eigenvalue weighted by atomic mass is 35.5. The van der Waals surface area contributed by atoms with Gasteiger partial charge in [0, 0.05) is 24.5 Å². The van der Waals surface area contributed by atoms with Gasteiger partial charge in [0.25, 0.3) is 0 Å². The minimum atomic E-state index is -0.799. The number of halogens is 1. The molecule has 0 aliphatic carbocycles. The molecule has 0 spiro atoms. The largest absolute Gasteiger partial charge is 0.481 e. The summed E-state index contributed by atoms with van der Waals surface area (Å²) in [7, 11) is 0. The fourth-order valence-corrected chi connectivity index (χ4v) is 3.05. The SMILES string of the molecule is CC(CC(=O)N1CCCC(C(=O)O)C1)Cc1ccc(Cl)cc1. The summed E-state index contributed by atoms with van der Waals surface area (Å²) in [5.74, 6) is -0.928. The molecule has 1 saturated heterocycles. The van der Waals surface area contributed by atoms with E-state index >= 15 is 0 Å². The molecule has 0 bridgehead atoms. The molecule has 22 heavy (non-hydrogen) atoms. The number of hydrogen-bond acceptors (Lipinski definition) is 2. The predicted molar refractivity (Wildman–Crippen MR) is 85.9 cm³/mol. The number of benzene rings is 1. The van der Waals surface area contributed by atoms with Gasteiger partial charge in [0.15, 0.2) is 0 Å². The maximum atomic E-state index is 12.3. The molecule has 1 fully saturated rings. The highest BCUT2D eigenvalue weighted by molar-refractivity contribution is 6.30. The van der Waals surface area contributed by atoms with Crippen LogP contribution in [0.15, 0.2) is 24.3 Å². The number of aliphatic carboxylic acids is 1. The monoisotopic (exact) mass is 323 g/mol. The van der Waals surface area contributed by atoms with E-state index in [4.69, 9.17) is 16.7 Å². The van der Waals surface area contributed by atoms with E-state index in [2.05, 4.69) is 0 Å². The normalized spacial score (nSPS) is 19.7. The molecule has 1 N–H and O–H groups in total. The Morgan fingerprint density at radius 1 is 1.36 bits per heavy atom. The van der Waals surface area contributed by atoms with Gasteiger partial charge >= 0.3 is 5.97 Å². The van der Waals surface area contributed by atoms with Gasteiger partial charge in [0.2, 0.25) is 5.91 Å². The van der Waals surface area contributed by atoms with Crippen LogP contribution in [-0.2, 0) is 16.0 Å². The molecular formula is C17H22ClNO3. The number of carbonyl (C=O) groups is 2. The molecule has 5 heteroatoms. The molecule has 1 heterocycles. The first-order valence-corrected chi connectivity index (χ1v) is 8.08. The van der Waals surface area contributed by atoms with Crippen molar-refractivity contribution in [1.29, 1.82) is 0 Å². The van der Waals surface area contributed by atoms with Gasteiger partial charge in [0.05, 0.1) is 5.92 Å². The van der Waals surface area contributed by atoms with Gasteiger partial charge in [0.1, 0.15) is 0 Å². The number of carboxylic acid groups (broad SMARTS) is 1. The quantitative estimate of drug-likeness (QED) is 0.905. The molecule has 1 aliphatic heterocycles. The molecule has 1 aromatic carbocycles. The van der Waals surface area contributed by atoms with E-state index in [1.165, 1.54) is 0 Å². The number of carbonyl (C=O) groups excluding carboxylic acids is 1. The first-order chi connectivity index (χ1) is 10.5. The Hall–Kier alpha value is -1.55. The Balaban J connectivity index is 1.85. The van der Waals surface area contributed by atoms with E-state index < -0.39 is 11.9 Å². The van der Waals surface area contributed by atoms with Crippen LogP contribution >= 0.6 is 11.6 Å². The molecular weight excluding hydrogens is 302 g/mol. The van der Waals surface area contributed by atoms with Gasteiger partial charge in [-0.3, -0.25) is 9.59 Å². The van der Waals surface area contributed by atoms with Crippen molar-refractivity contribution >= 4 is 23.5 Å². The first-order valence-electron chi connectivity index (χ1n) is 7.70. The van der Waals surface area contributed by atoms with E-state index in [9.17, 15) is 9.59 Å². The van der Waals surface area contributed by atoms with Crippen LogP contribution in [0, 0.1) is 11.8 Å². The lowest BCUT2D eigenvalue weighted by Crippen LogP contribution is -2.42. The molecule has 1 aromatic rings. The van der Waals surface area contributed by atoms with Gasteiger partial charge in [-0.05, 0) is 42.9 Å². The molecule has 0 radical (unpaired) electrons. The van der Waals surface area contributed by atoms with Crippen molar-refractivity contribution in [2.45, 2.75) is 32.6 Å². The maximum absolute atomic E-state index is 12.3. The smallest absolute Gasteiger partial charge is 0.308 e. The Bertz CT molecular complexity index is 529. The Labute approximate surface area is 136 Å². The summed E-state index contributed by atoms with van der Waals surface area (Å²) in [5, 5.41) is 9.80. The number of hydrogen-bond donors (Lipinski definition) is 1. The van der Waals surface area contributed by atoms with Gasteiger partial charge in [-0.25, -0.2) is 0 Å². The molecule has 2 atom stereocenters. The molecule has 0 saturated carbocycles. The first kappa shape index (κ1) is 16.8. The Kier molecular flexibility index (Phi) is 5.83. The van der Waals surface area contributed by atoms with E-state index in [1.54, 1.807) is 4.90 Å². The van der Waals surface area contributed by atoms with Crippen molar-refractivity contribution in [3.63, 3.8) is 0 Å². The van der Waals surface area contributed by atoms with Gasteiger partial charge in [-0.2, -0.15) is 0 Å². The fourth-order valence-electron chi connectivity index (χ4n) is 2.93. The highest BCUT2D eigenvalue weighted by Gasteiger charge is 2.28. The minimum Gasteiger partial charge on any atom is -0.481 e. The zero-order chi connectivity index (χ0) is 16.1. The lowest BCUT2D eigenvalue weighted by atomic mass is 9.95. The van der Waals surface area contributed by atoms with Crippen molar-refractivity contribution in [2.24, 2.45) is 11.8 Å². The third kappa shape index (κ3) is 4.73. The van der Waals surface area contributed by atoms with Crippen LogP contribution in [0.25, 0.3) is 0 Å². The van der Waals surface area contributed by atoms with E-state index in [1.807, 2.05) is 31.2 Å². The van der Waals surface area contributed by atoms with Crippen molar-refractivity contribution < 1.29 is 14.7 Å². The number of likely N-dealkylation sites (tertiary alicyclic amines) is 1. The standard InChI is InChI=1S/C17H22ClNO3/c1-12(9-13-4-6-15(18)7-5-13)10-16(20)19-8-2-3-14(11-19)17(21)22/h4-7,12,14H,2-3,8-11H2,1H3,(H,21,22). The Morgan fingerprint density at radius 2 is 2.05 bits per heavy atom. The van der Waals surface area contributed by atoms with Gasteiger partial charge in [-0.1, -0.05) is 30.7 Å². The molecule has 4 nitrogen and oxygen atoms in total. The Morgan fingerprint density at radius 3 is 2.68 bits per heavy atom. The topological polar surface area (TPSA) is 57.6 Å². The number of nitrogens with zero attached hydrogens (tertiary/aromatic N) is 1. The molecule has 1 aliphatic rings. The fraction of sp³-hybridized carbons (Fsp3) is 0.529. The van der Waals surface area contributed by atoms with Crippen LogP contribution < -0.4 is 0 Å². The van der Waals surface area contributed by atoms with Crippen LogP contribution in [0.5, 0.6) is 0 Å². The average molecular weight is 324 g/mol. The molecule has 0 aromatic heterocycles. The summed E-state index contributed by atoms with van der Waals surface area (Å²) in [5.41, 5.74) is 1.16. The number of rotatable bonds is 5. The molecule has 120 valence electrons. The molecule has 2 unspecified atom stereocenters. The second-order valence-electron chi connectivity index (χ2n) is 6.16. The zero-order valence-electron chi connectivity index (χ0n) is 12.8. The van der Waals surface area contributed by atoms with Crippen LogP contribution in [0.4, 0.5) is 0 Å². The minimum absolute atomic E-state index is 0.0624. The number of piperidine rings is 1. The third-order valence-corrected chi connectivity index (χ3v) is 4.40. The number of amides is 1. The van der Waals surface area contributed by atoms with Crippen LogP contribution in [0.1, 0.15) is 31.7 Å². The zero-order valence-corrected chi connectivity index (χ0v) is 13.6. The summed E-state index contributed by atoms with van der Waals surface area (Å²) in [4.78, 5) is 25.1. The second-order valence-corrected chi connectivity index (χ2v) is 6.59. The summed E-state index contributed by atoms with van der Waals surface area (Å²) in [6.07, 6.45) is 2.71. The predicted octanol–water partition coefficient (Wildman–Crippen LogP) is 3.23. The molecule has 2 rings (SSSR count). The third-order valence-electron chi connectivity index (χ3n) is 4.14. The molecule has 1 amide bonds. The van der Waals surface area contributed by atoms with E-state index in [0.29, 0.717) is 31.0 Å². The highest BCUT2D eigenvalue weighted by Crippen LogP contribution is 2.20. The van der Waals surface area contributed by atoms with Crippen LogP contribution in [0.2, 0.25) is 5.02 Å². The summed E-state index contributed by atoms with van der Waals surface area (Å²) in [6.45, 7) is 3.07. The average Bonchev–Trinajstić information content (AvgIpc) is 2.49. The number of carboxylic acids is 1. The maximum Gasteiger partial charge on any atom is 0.308 e. The van der Waals surface area contributed by atoms with Crippen molar-refractivity contribution in [1.82, 2.24) is 4.90 Å². The van der Waals surface area contributed by atoms with Crippen molar-refractivity contribution in [3.05, 3.63) is 34.9 Å². The summed E-state index contributed by atoms with van der Waals surface area (Å²) in [6, 6.07) is 7.66.